The molecule has 2 heteroatoms. The molecule has 0 heterocycles. The second kappa shape index (κ2) is 90.2. The van der Waals surface area contributed by atoms with Crippen LogP contribution in [0.25, 0.3) is 0 Å². The first-order valence-electron chi connectivity index (χ1n) is 0.143. The second-order valence-electron chi connectivity index (χ2n) is 0. The van der Waals surface area contributed by atoms with Gasteiger partial charge in [-0.3, -0.25) is 0 Å². The van der Waals surface area contributed by atoms with Gasteiger partial charge >= 0.3 is 27.0 Å². The van der Waals surface area contributed by atoms with Gasteiger partial charge in [-0.05, 0) is 0 Å². The van der Waals surface area contributed by atoms with Crippen LogP contribution in [0, 0.1) is 22.3 Å². The number of halogens is 1. The third-order valence-electron chi connectivity index (χ3n) is 0. The van der Waals surface area contributed by atoms with Gasteiger partial charge in [0.05, 0.1) is 0 Å². The molecule has 0 radical (unpaired) electrons. The first-order valence-corrected chi connectivity index (χ1v) is 2.54. The van der Waals surface area contributed by atoms with Crippen LogP contribution in [0.2, 0.25) is 0 Å². The van der Waals surface area contributed by atoms with Crippen molar-refractivity contribution >= 4 is 9.69 Å². The maximum absolute atomic E-state index is 4.61. The molecule has 0 atom stereocenters. The van der Waals surface area contributed by atoms with E-state index in [2.05, 4.69) is 9.69 Å². The van der Waals surface area contributed by atoms with E-state index in [0.717, 1.165) is 0 Å². The van der Waals surface area contributed by atoms with E-state index in [1.807, 2.05) is 0 Å². The Morgan fingerprint density at radius 2 is 0.800 bits per heavy atom. The zero-order valence-electron chi connectivity index (χ0n) is 3.76. The summed E-state index contributed by atoms with van der Waals surface area (Å²) in [6, 6.07) is 0. The molecule has 0 bridgehead atoms. The molecule has 0 spiro atoms. The quantitative estimate of drug-likeness (QED) is 0.396. The summed E-state index contributed by atoms with van der Waals surface area (Å²) in [6.07, 6.45) is 0. The molecule has 0 aliphatic heterocycles. The zero-order valence-corrected chi connectivity index (χ0v) is 6.37. The molecule has 0 aromatic rings. The van der Waals surface area contributed by atoms with Crippen molar-refractivity contribution in [1.82, 2.24) is 0 Å². The topological polar surface area (TPSA) is 0 Å². The van der Waals surface area contributed by atoms with E-state index >= 15 is 0 Å². The third kappa shape index (κ3) is 50.0. The summed E-state index contributed by atoms with van der Waals surface area (Å²) in [4.78, 5) is 0. The number of rotatable bonds is 0. The van der Waals surface area contributed by atoms with Crippen LogP contribution in [0.3, 0.4) is 0 Å². The van der Waals surface area contributed by atoms with E-state index < -0.39 is 0 Å². The van der Waals surface area contributed by atoms with Crippen molar-refractivity contribution in [1.29, 1.82) is 0 Å². The van der Waals surface area contributed by atoms with Crippen molar-refractivity contribution in [2.75, 3.05) is 0 Å². The van der Waals surface area contributed by atoms with Crippen LogP contribution in [0.1, 0.15) is 0 Å². The van der Waals surface area contributed by atoms with Gasteiger partial charge in [0.1, 0.15) is 0 Å². The van der Waals surface area contributed by atoms with Crippen molar-refractivity contribution in [2.45, 2.75) is 0 Å². The van der Waals surface area contributed by atoms with E-state index in [4.69, 9.17) is 0 Å². The molecule has 0 saturated carbocycles. The Hall–Kier alpha value is 0.913. The number of hydrogen-bond acceptors (Lipinski definition) is 0. The van der Waals surface area contributed by atoms with Crippen LogP contribution in [0.5, 0.6) is 0 Å². The van der Waals surface area contributed by atoms with Gasteiger partial charge in [0.25, 0.3) is 0 Å². The summed E-state index contributed by atoms with van der Waals surface area (Å²) >= 11 is 1.62. The van der Waals surface area contributed by atoms with E-state index in [0.29, 0.717) is 0 Å². The molecule has 0 aliphatic rings. The monoisotopic (exact) mass is 183 g/mol. The molecule has 0 aromatic carbocycles. The van der Waals surface area contributed by atoms with E-state index in [9.17, 15) is 0 Å². The molecule has 0 rings (SSSR count). The summed E-state index contributed by atoms with van der Waals surface area (Å²) in [5, 5.41) is 0. The summed E-state index contributed by atoms with van der Waals surface area (Å²) < 4.78 is 0. The minimum absolute atomic E-state index is 0. The van der Waals surface area contributed by atoms with Crippen LogP contribution in [0.4, 0.5) is 0 Å². The summed E-state index contributed by atoms with van der Waals surface area (Å²) in [6.45, 7) is 0. The molecule has 0 aliphatic carbocycles. The standard InChI is InChI=1S/3CH3.ClH.Ru.H/h3*1H3;1H;;/q3*-1;;+1;/p-1. The Bertz CT molecular complexity index is 6.85. The van der Waals surface area contributed by atoms with Gasteiger partial charge in [-0.1, -0.05) is 0 Å². The molecule has 0 N–H and O–H groups in total. The Morgan fingerprint density at radius 1 is 0.800 bits per heavy atom. The van der Waals surface area contributed by atoms with Gasteiger partial charge in [-0.2, -0.15) is 0 Å². The molecule has 0 nitrogen and oxygen atoms in total. The van der Waals surface area contributed by atoms with Gasteiger partial charge in [-0.25, -0.2) is 0 Å². The Morgan fingerprint density at radius 3 is 0.800 bits per heavy atom. The molecule has 0 fully saturated rings. The van der Waals surface area contributed by atoms with Crippen molar-refractivity contribution in [3.05, 3.63) is 22.3 Å². The average Bonchev–Trinajstić information content (AvgIpc) is 1.00. The van der Waals surface area contributed by atoms with Crippen LogP contribution < -0.4 is 0 Å². The summed E-state index contributed by atoms with van der Waals surface area (Å²) in [5.74, 6) is 0. The number of hydrogen-bond donors (Lipinski definition) is 0. The van der Waals surface area contributed by atoms with Crippen LogP contribution in [-0.4, -0.2) is 0 Å². The fourth-order valence-corrected chi connectivity index (χ4v) is 0. The SMILES string of the molecule is [CH3-].[CH3-].[CH3-].[Cl][RuH]. The van der Waals surface area contributed by atoms with E-state index in [-0.39, 0.29) is 22.3 Å². The van der Waals surface area contributed by atoms with Gasteiger partial charge in [0.2, 0.25) is 0 Å². The zero-order chi connectivity index (χ0) is 2.00. The second-order valence-corrected chi connectivity index (χ2v) is 0. The third-order valence-corrected chi connectivity index (χ3v) is 0. The maximum atomic E-state index is 4.61. The van der Waals surface area contributed by atoms with Gasteiger partial charge in [-0.15, -0.1) is 0 Å². The van der Waals surface area contributed by atoms with Crippen LogP contribution in [-0.2, 0) is 17.3 Å². The average molecular weight is 183 g/mol. The molecule has 5 heavy (non-hydrogen) atoms. The Kier molecular flexibility index (Phi) is 703. The van der Waals surface area contributed by atoms with E-state index in [1.165, 1.54) is 0 Å². The predicted octanol–water partition coefficient (Wildman–Crippen LogP) is 1.77. The fourth-order valence-electron chi connectivity index (χ4n) is 0. The normalized spacial score (nSPS) is 1.40. The molecular weight excluding hydrogens is 173 g/mol. The van der Waals surface area contributed by atoms with Crippen LogP contribution >= 0.6 is 9.69 Å². The molecule has 0 amide bonds. The van der Waals surface area contributed by atoms with Crippen molar-refractivity contribution < 1.29 is 17.3 Å². The first kappa shape index (κ1) is 39.0. The molecule has 0 saturated heterocycles. The fraction of sp³-hybridized carbons (Fsp3) is 0. The minimum atomic E-state index is 0. The van der Waals surface area contributed by atoms with Crippen molar-refractivity contribution in [2.24, 2.45) is 0 Å². The first-order chi connectivity index (χ1) is 1.00. The van der Waals surface area contributed by atoms with Crippen molar-refractivity contribution in [3.8, 4) is 0 Å². The summed E-state index contributed by atoms with van der Waals surface area (Å²) in [7, 11) is 4.61. The Balaban J connectivity index is -0.00000000167. The Labute approximate surface area is 49.6 Å². The van der Waals surface area contributed by atoms with Crippen molar-refractivity contribution in [3.63, 3.8) is 0 Å². The van der Waals surface area contributed by atoms with Gasteiger partial charge in [0.15, 0.2) is 0 Å². The molecular formula is C3H10ClRu-3. The molecule has 0 unspecified atom stereocenters. The van der Waals surface area contributed by atoms with Gasteiger partial charge < -0.3 is 22.3 Å². The predicted molar refractivity (Wildman–Crippen MR) is 26.5 cm³/mol. The van der Waals surface area contributed by atoms with E-state index in [1.54, 1.807) is 17.3 Å². The molecule has 0 aromatic heterocycles. The molecule has 40 valence electrons. The van der Waals surface area contributed by atoms with Gasteiger partial charge in [0, 0.05) is 0 Å². The summed E-state index contributed by atoms with van der Waals surface area (Å²) in [5.41, 5.74) is 0. The van der Waals surface area contributed by atoms with Crippen LogP contribution in [0.15, 0.2) is 0 Å².